The van der Waals surface area contributed by atoms with Gasteiger partial charge >= 0.3 is 0 Å². The maximum Gasteiger partial charge on any atom is 0.128 e. The summed E-state index contributed by atoms with van der Waals surface area (Å²) in [5, 5.41) is 0. The van der Waals surface area contributed by atoms with E-state index >= 15 is 0 Å². The third kappa shape index (κ3) is 4.23. The Morgan fingerprint density at radius 1 is 1.39 bits per heavy atom. The first-order valence-corrected chi connectivity index (χ1v) is 5.94. The summed E-state index contributed by atoms with van der Waals surface area (Å²) in [7, 11) is 1.65. The lowest BCUT2D eigenvalue weighted by Gasteiger charge is -2.19. The van der Waals surface area contributed by atoms with Crippen LogP contribution in [0.2, 0.25) is 0 Å². The van der Waals surface area contributed by atoms with Gasteiger partial charge in [0, 0.05) is 25.5 Å². The highest BCUT2D eigenvalue weighted by atomic mass is 16.5. The van der Waals surface area contributed by atoms with Crippen molar-refractivity contribution < 1.29 is 9.47 Å². The summed E-state index contributed by atoms with van der Waals surface area (Å²) < 4.78 is 10.3. The molecular weight excluding hydrogens is 232 g/mol. The van der Waals surface area contributed by atoms with Crippen molar-refractivity contribution in [3.05, 3.63) is 23.4 Å². The number of anilines is 1. The van der Waals surface area contributed by atoms with Crippen LogP contribution in [-0.4, -0.2) is 31.9 Å². The molecule has 1 rings (SSSR count). The summed E-state index contributed by atoms with van der Waals surface area (Å²) in [6, 6.07) is 1.86. The Morgan fingerprint density at radius 3 is 2.78 bits per heavy atom. The van der Waals surface area contributed by atoms with Crippen LogP contribution in [0.3, 0.4) is 0 Å². The number of rotatable bonds is 8. The molecule has 0 amide bonds. The van der Waals surface area contributed by atoms with Gasteiger partial charge in [0.1, 0.15) is 5.82 Å². The topological polar surface area (TPSA) is 95.4 Å². The lowest BCUT2D eigenvalue weighted by molar-refractivity contribution is 0.0657. The molecule has 1 unspecified atom stereocenters. The van der Waals surface area contributed by atoms with Gasteiger partial charge in [-0.1, -0.05) is 0 Å². The Morgan fingerprint density at radius 2 is 2.17 bits per heavy atom. The number of nitrogens with two attached hydrogens (primary N) is 2. The minimum absolute atomic E-state index is 0.0544. The summed E-state index contributed by atoms with van der Waals surface area (Å²) in [6.07, 6.45) is 2.42. The van der Waals surface area contributed by atoms with Crippen LogP contribution in [0, 0.1) is 6.92 Å². The van der Waals surface area contributed by atoms with E-state index in [-0.39, 0.29) is 6.04 Å². The first kappa shape index (κ1) is 14.8. The fourth-order valence-electron chi connectivity index (χ4n) is 1.80. The van der Waals surface area contributed by atoms with E-state index in [4.69, 9.17) is 21.1 Å². The zero-order valence-corrected chi connectivity index (χ0v) is 11.0. The van der Waals surface area contributed by atoms with Crippen molar-refractivity contribution in [3.8, 4) is 0 Å². The van der Waals surface area contributed by atoms with Crippen molar-refractivity contribution in [1.82, 2.24) is 10.4 Å². The maximum absolute atomic E-state index is 5.88. The summed E-state index contributed by atoms with van der Waals surface area (Å²) in [5.74, 6) is 6.08. The van der Waals surface area contributed by atoms with E-state index in [2.05, 4.69) is 10.4 Å². The number of hydrogen-bond donors (Lipinski definition) is 3. The highest BCUT2D eigenvalue weighted by Gasteiger charge is 2.15. The second-order valence-electron chi connectivity index (χ2n) is 4.04. The number of pyridine rings is 1. The lowest BCUT2D eigenvalue weighted by Crippen LogP contribution is -2.30. The summed E-state index contributed by atoms with van der Waals surface area (Å²) in [6.45, 7) is 3.75. The summed E-state index contributed by atoms with van der Waals surface area (Å²) >= 11 is 0. The molecule has 6 nitrogen and oxygen atoms in total. The van der Waals surface area contributed by atoms with E-state index in [0.717, 1.165) is 17.5 Å². The predicted molar refractivity (Wildman–Crippen MR) is 70.8 cm³/mol. The van der Waals surface area contributed by atoms with E-state index in [1.807, 2.05) is 13.0 Å². The van der Waals surface area contributed by atoms with Gasteiger partial charge in [0.2, 0.25) is 0 Å². The first-order valence-electron chi connectivity index (χ1n) is 5.94. The van der Waals surface area contributed by atoms with Crippen molar-refractivity contribution in [2.45, 2.75) is 19.4 Å². The first-order chi connectivity index (χ1) is 8.70. The highest BCUT2D eigenvalue weighted by Crippen LogP contribution is 2.24. The average Bonchev–Trinajstić information content (AvgIpc) is 2.36. The number of ether oxygens (including phenoxy) is 2. The van der Waals surface area contributed by atoms with Crippen molar-refractivity contribution >= 4 is 5.82 Å². The molecule has 0 aromatic carbocycles. The quantitative estimate of drug-likeness (QED) is 0.356. The molecule has 0 radical (unpaired) electrons. The van der Waals surface area contributed by atoms with Gasteiger partial charge in [-0.25, -0.2) is 4.98 Å². The molecule has 1 atom stereocenters. The molecule has 5 N–H and O–H groups in total. The average molecular weight is 254 g/mol. The van der Waals surface area contributed by atoms with Gasteiger partial charge in [-0.05, 0) is 25.0 Å². The number of aryl methyl sites for hydroxylation is 1. The van der Waals surface area contributed by atoms with Crippen LogP contribution in [0.4, 0.5) is 5.82 Å². The monoisotopic (exact) mass is 254 g/mol. The Labute approximate surface area is 108 Å². The highest BCUT2D eigenvalue weighted by molar-refractivity contribution is 5.45. The van der Waals surface area contributed by atoms with Crippen LogP contribution in [0.5, 0.6) is 0 Å². The molecule has 0 aliphatic carbocycles. The van der Waals surface area contributed by atoms with Crippen LogP contribution in [0.25, 0.3) is 0 Å². The second-order valence-corrected chi connectivity index (χ2v) is 4.04. The van der Waals surface area contributed by atoms with Crippen molar-refractivity contribution in [1.29, 1.82) is 0 Å². The van der Waals surface area contributed by atoms with E-state index in [1.165, 1.54) is 0 Å². The molecule has 0 fully saturated rings. The van der Waals surface area contributed by atoms with Gasteiger partial charge in [0.25, 0.3) is 0 Å². The van der Waals surface area contributed by atoms with Crippen LogP contribution >= 0.6 is 0 Å². The number of hydrogen-bond acceptors (Lipinski definition) is 6. The minimum atomic E-state index is -0.0544. The van der Waals surface area contributed by atoms with Gasteiger partial charge in [-0.15, -0.1) is 0 Å². The number of methoxy groups -OCH3 is 1. The Kier molecular flexibility index (Phi) is 6.59. The maximum atomic E-state index is 5.88. The van der Waals surface area contributed by atoms with E-state index in [9.17, 15) is 0 Å². The number of nitrogens with one attached hydrogen (secondary N) is 1. The van der Waals surface area contributed by atoms with Gasteiger partial charge in [-0.2, -0.15) is 0 Å². The zero-order chi connectivity index (χ0) is 13.4. The molecule has 6 heteroatoms. The van der Waals surface area contributed by atoms with Gasteiger partial charge in [0.05, 0.1) is 19.3 Å². The summed E-state index contributed by atoms with van der Waals surface area (Å²) in [4.78, 5) is 4.09. The normalized spacial score (nSPS) is 12.6. The fraction of sp³-hybridized carbons (Fsp3) is 0.583. The number of nitrogens with zero attached hydrogens (tertiary/aromatic N) is 1. The molecule has 0 saturated heterocycles. The molecular formula is C12H22N4O2. The largest absolute Gasteiger partial charge is 0.383 e. The number of hydrazine groups is 1. The Hall–Kier alpha value is -1.21. The van der Waals surface area contributed by atoms with E-state index in [1.54, 1.807) is 13.3 Å². The Bertz CT molecular complexity index is 340. The fourth-order valence-corrected chi connectivity index (χ4v) is 1.80. The predicted octanol–water partition coefficient (Wildman–Crippen LogP) is 0.530. The molecule has 18 heavy (non-hydrogen) atoms. The Balaban J connectivity index is 2.55. The van der Waals surface area contributed by atoms with Gasteiger partial charge in [-0.3, -0.25) is 11.3 Å². The standard InChI is InChI=1S/C12H22N4O2/c1-9-3-5-15-12(13)11(9)10(16-14)4-6-18-8-7-17-2/h3,5,10,16H,4,6-8,14H2,1-2H3,(H2,13,15). The van der Waals surface area contributed by atoms with Crippen molar-refractivity contribution in [2.24, 2.45) is 5.84 Å². The third-order valence-corrected chi connectivity index (χ3v) is 2.77. The molecule has 0 aliphatic heterocycles. The van der Waals surface area contributed by atoms with Gasteiger partial charge < -0.3 is 15.2 Å². The minimum Gasteiger partial charge on any atom is -0.383 e. The van der Waals surface area contributed by atoms with E-state index in [0.29, 0.717) is 25.6 Å². The SMILES string of the molecule is COCCOCCC(NN)c1c(C)ccnc1N. The number of aromatic nitrogens is 1. The van der Waals surface area contributed by atoms with Crippen LogP contribution in [-0.2, 0) is 9.47 Å². The molecule has 1 aromatic rings. The smallest absolute Gasteiger partial charge is 0.128 e. The van der Waals surface area contributed by atoms with Crippen LogP contribution in [0.15, 0.2) is 12.3 Å². The van der Waals surface area contributed by atoms with Crippen LogP contribution in [0.1, 0.15) is 23.6 Å². The molecule has 102 valence electrons. The number of nitrogen functional groups attached to an aromatic ring is 1. The van der Waals surface area contributed by atoms with Gasteiger partial charge in [0.15, 0.2) is 0 Å². The molecule has 0 spiro atoms. The molecule has 1 heterocycles. The molecule has 1 aromatic heterocycles. The zero-order valence-electron chi connectivity index (χ0n) is 11.0. The molecule has 0 bridgehead atoms. The van der Waals surface area contributed by atoms with Crippen LogP contribution < -0.4 is 17.0 Å². The van der Waals surface area contributed by atoms with E-state index < -0.39 is 0 Å². The van der Waals surface area contributed by atoms with Crippen molar-refractivity contribution in [3.63, 3.8) is 0 Å². The molecule has 0 saturated carbocycles. The molecule has 0 aliphatic rings. The van der Waals surface area contributed by atoms with Crippen molar-refractivity contribution in [2.75, 3.05) is 32.7 Å². The second kappa shape index (κ2) is 7.99. The summed E-state index contributed by atoms with van der Waals surface area (Å²) in [5.41, 5.74) is 10.7. The third-order valence-electron chi connectivity index (χ3n) is 2.77. The lowest BCUT2D eigenvalue weighted by atomic mass is 10.0.